The van der Waals surface area contributed by atoms with Crippen molar-refractivity contribution in [1.82, 2.24) is 10.3 Å². The Labute approximate surface area is 93.4 Å². The Hall–Kier alpha value is -1.06. The highest BCUT2D eigenvalue weighted by molar-refractivity contribution is 6.31. The van der Waals surface area contributed by atoms with E-state index in [0.717, 1.165) is 11.1 Å². The normalized spacial score (nSPS) is 11.5. The lowest BCUT2D eigenvalue weighted by molar-refractivity contribution is 0.472. The van der Waals surface area contributed by atoms with Gasteiger partial charge in [0.25, 0.3) is 0 Å². The van der Waals surface area contributed by atoms with Gasteiger partial charge in [0, 0.05) is 17.1 Å². The molecule has 0 saturated heterocycles. The van der Waals surface area contributed by atoms with Crippen LogP contribution in [0.5, 0.6) is 0 Å². The number of hydrogen-bond acceptors (Lipinski definition) is 3. The van der Waals surface area contributed by atoms with Gasteiger partial charge in [-0.15, -0.1) is 0 Å². The zero-order valence-corrected chi connectivity index (χ0v) is 9.51. The summed E-state index contributed by atoms with van der Waals surface area (Å²) in [6.07, 6.45) is 0. The van der Waals surface area contributed by atoms with Crippen molar-refractivity contribution in [3.8, 4) is 0 Å². The number of oxazole rings is 1. The fourth-order valence-corrected chi connectivity index (χ4v) is 1.48. The molecular formula is C11H13ClN2O. The van der Waals surface area contributed by atoms with Crippen LogP contribution in [0.25, 0.3) is 11.1 Å². The fourth-order valence-electron chi connectivity index (χ4n) is 1.31. The molecule has 0 unspecified atom stereocenters. The van der Waals surface area contributed by atoms with Crippen LogP contribution in [-0.2, 0) is 6.54 Å². The predicted molar refractivity (Wildman–Crippen MR) is 61.0 cm³/mol. The third-order valence-corrected chi connectivity index (χ3v) is 2.29. The van der Waals surface area contributed by atoms with Crippen molar-refractivity contribution in [2.75, 3.05) is 0 Å². The van der Waals surface area contributed by atoms with Crippen molar-refractivity contribution >= 4 is 22.7 Å². The van der Waals surface area contributed by atoms with Crippen LogP contribution in [0.15, 0.2) is 22.6 Å². The first-order valence-electron chi connectivity index (χ1n) is 4.93. The summed E-state index contributed by atoms with van der Waals surface area (Å²) in [5.41, 5.74) is 1.59. The van der Waals surface area contributed by atoms with Gasteiger partial charge in [-0.25, -0.2) is 4.98 Å². The second-order valence-corrected chi connectivity index (χ2v) is 4.19. The van der Waals surface area contributed by atoms with Gasteiger partial charge in [0.05, 0.1) is 6.54 Å². The molecule has 4 heteroatoms. The SMILES string of the molecule is CC(C)NCc1nc2ccc(Cl)cc2o1. The molecule has 0 atom stereocenters. The van der Waals surface area contributed by atoms with E-state index in [-0.39, 0.29) is 0 Å². The van der Waals surface area contributed by atoms with Crippen molar-refractivity contribution in [1.29, 1.82) is 0 Å². The minimum absolute atomic E-state index is 0.420. The van der Waals surface area contributed by atoms with Gasteiger partial charge in [0.2, 0.25) is 5.89 Å². The maximum Gasteiger partial charge on any atom is 0.209 e. The van der Waals surface area contributed by atoms with E-state index in [1.165, 1.54) is 0 Å². The topological polar surface area (TPSA) is 38.1 Å². The van der Waals surface area contributed by atoms with E-state index in [0.29, 0.717) is 23.5 Å². The Bertz CT molecular complexity index is 465. The lowest BCUT2D eigenvalue weighted by Gasteiger charge is -2.03. The van der Waals surface area contributed by atoms with Crippen LogP contribution in [0.2, 0.25) is 5.02 Å². The van der Waals surface area contributed by atoms with Gasteiger partial charge in [-0.1, -0.05) is 25.4 Å². The highest BCUT2D eigenvalue weighted by Crippen LogP contribution is 2.19. The van der Waals surface area contributed by atoms with Gasteiger partial charge in [-0.2, -0.15) is 0 Å². The molecule has 3 nitrogen and oxygen atoms in total. The quantitative estimate of drug-likeness (QED) is 0.871. The molecule has 2 aromatic rings. The van der Waals surface area contributed by atoms with Crippen LogP contribution in [0, 0.1) is 0 Å². The molecule has 15 heavy (non-hydrogen) atoms. The van der Waals surface area contributed by atoms with Gasteiger partial charge in [-0.05, 0) is 12.1 Å². The summed E-state index contributed by atoms with van der Waals surface area (Å²) in [5.74, 6) is 0.695. The Morgan fingerprint density at radius 2 is 2.27 bits per heavy atom. The molecule has 80 valence electrons. The van der Waals surface area contributed by atoms with Crippen LogP contribution >= 0.6 is 11.6 Å². The van der Waals surface area contributed by atoms with E-state index in [4.69, 9.17) is 16.0 Å². The Morgan fingerprint density at radius 3 is 3.00 bits per heavy atom. The summed E-state index contributed by atoms with van der Waals surface area (Å²) in [6, 6.07) is 5.87. The number of hydrogen-bond donors (Lipinski definition) is 1. The smallest absolute Gasteiger partial charge is 0.209 e. The number of aromatic nitrogens is 1. The largest absolute Gasteiger partial charge is 0.439 e. The average molecular weight is 225 g/mol. The van der Waals surface area contributed by atoms with Gasteiger partial charge in [-0.3, -0.25) is 0 Å². The van der Waals surface area contributed by atoms with Crippen molar-refractivity contribution < 1.29 is 4.42 Å². The summed E-state index contributed by atoms with van der Waals surface area (Å²) in [6.45, 7) is 4.81. The molecule has 0 radical (unpaired) electrons. The van der Waals surface area contributed by atoms with Crippen LogP contribution in [0.4, 0.5) is 0 Å². The monoisotopic (exact) mass is 224 g/mol. The lowest BCUT2D eigenvalue weighted by atomic mass is 10.3. The number of rotatable bonds is 3. The molecule has 0 saturated carbocycles. The summed E-state index contributed by atoms with van der Waals surface area (Å²) in [7, 11) is 0. The molecule has 0 aliphatic heterocycles. The molecule has 0 spiro atoms. The summed E-state index contributed by atoms with van der Waals surface area (Å²) in [5, 5.41) is 3.92. The third kappa shape index (κ3) is 2.49. The maximum absolute atomic E-state index is 5.85. The van der Waals surface area contributed by atoms with Gasteiger partial charge in [0.1, 0.15) is 5.52 Å². The average Bonchev–Trinajstić information content (AvgIpc) is 2.56. The fraction of sp³-hybridized carbons (Fsp3) is 0.364. The Balaban J connectivity index is 2.23. The summed E-state index contributed by atoms with van der Waals surface area (Å²) < 4.78 is 5.54. The van der Waals surface area contributed by atoms with E-state index in [1.807, 2.05) is 12.1 Å². The van der Waals surface area contributed by atoms with E-state index in [2.05, 4.69) is 24.1 Å². The van der Waals surface area contributed by atoms with Crippen LogP contribution in [0.1, 0.15) is 19.7 Å². The van der Waals surface area contributed by atoms with E-state index < -0.39 is 0 Å². The standard InChI is InChI=1S/C11H13ClN2O/c1-7(2)13-6-11-14-9-4-3-8(12)5-10(9)15-11/h3-5,7,13H,6H2,1-2H3. The number of nitrogens with zero attached hydrogens (tertiary/aromatic N) is 1. The molecule has 1 aromatic heterocycles. The van der Waals surface area contributed by atoms with Crippen molar-refractivity contribution in [2.45, 2.75) is 26.4 Å². The van der Waals surface area contributed by atoms with Crippen LogP contribution in [0.3, 0.4) is 0 Å². The van der Waals surface area contributed by atoms with Crippen LogP contribution < -0.4 is 5.32 Å². The lowest BCUT2D eigenvalue weighted by Crippen LogP contribution is -2.21. The number of fused-ring (bicyclic) bond motifs is 1. The maximum atomic E-state index is 5.85. The number of halogens is 1. The van der Waals surface area contributed by atoms with Crippen molar-refractivity contribution in [3.05, 3.63) is 29.1 Å². The third-order valence-electron chi connectivity index (χ3n) is 2.06. The Morgan fingerprint density at radius 1 is 1.47 bits per heavy atom. The molecule has 0 fully saturated rings. The van der Waals surface area contributed by atoms with E-state index in [1.54, 1.807) is 6.07 Å². The van der Waals surface area contributed by atoms with Gasteiger partial charge >= 0.3 is 0 Å². The summed E-state index contributed by atoms with van der Waals surface area (Å²) in [4.78, 5) is 4.34. The molecule has 0 amide bonds. The minimum atomic E-state index is 0.420. The first-order valence-corrected chi connectivity index (χ1v) is 5.31. The Kier molecular flexibility index (Phi) is 2.93. The summed E-state index contributed by atoms with van der Waals surface area (Å²) >= 11 is 5.85. The molecule has 1 N–H and O–H groups in total. The molecular weight excluding hydrogens is 212 g/mol. The minimum Gasteiger partial charge on any atom is -0.439 e. The molecule has 0 bridgehead atoms. The van der Waals surface area contributed by atoms with E-state index in [9.17, 15) is 0 Å². The zero-order valence-electron chi connectivity index (χ0n) is 8.75. The van der Waals surface area contributed by atoms with Crippen LogP contribution in [-0.4, -0.2) is 11.0 Å². The molecule has 0 aliphatic rings. The molecule has 1 aromatic carbocycles. The number of benzene rings is 1. The van der Waals surface area contributed by atoms with E-state index >= 15 is 0 Å². The number of nitrogens with one attached hydrogen (secondary N) is 1. The first-order chi connectivity index (χ1) is 7.15. The van der Waals surface area contributed by atoms with Crippen molar-refractivity contribution in [2.24, 2.45) is 0 Å². The van der Waals surface area contributed by atoms with Gasteiger partial charge < -0.3 is 9.73 Å². The van der Waals surface area contributed by atoms with Gasteiger partial charge in [0.15, 0.2) is 5.58 Å². The zero-order chi connectivity index (χ0) is 10.8. The molecule has 0 aliphatic carbocycles. The second-order valence-electron chi connectivity index (χ2n) is 3.76. The highest BCUT2D eigenvalue weighted by atomic mass is 35.5. The highest BCUT2D eigenvalue weighted by Gasteiger charge is 2.05. The first kappa shape index (κ1) is 10.5. The predicted octanol–water partition coefficient (Wildman–Crippen LogP) is 2.98. The second kappa shape index (κ2) is 4.21. The molecule has 1 heterocycles. The molecule has 2 rings (SSSR count). The van der Waals surface area contributed by atoms with Crippen molar-refractivity contribution in [3.63, 3.8) is 0 Å².